The predicted molar refractivity (Wildman–Crippen MR) is 316 cm³/mol. The number of unbranched alkanes of at least 4 members (excludes halogenated alkanes) is 1. The summed E-state index contributed by atoms with van der Waals surface area (Å²) in [6, 6.07) is -7.16. The number of nitrogens with one attached hydrogen (secondary N) is 10. The summed E-state index contributed by atoms with van der Waals surface area (Å²) in [6.07, 6.45) is -5.80. The van der Waals surface area contributed by atoms with Gasteiger partial charge >= 0.3 is 5.97 Å². The van der Waals surface area contributed by atoms with Gasteiger partial charge in [0.05, 0.1) is 43.7 Å². The number of aliphatic carboxylic acids is 1. The number of benzene rings is 1. The molecular weight excluding hydrogens is 1160 g/mol. The molecule has 0 aromatic heterocycles. The van der Waals surface area contributed by atoms with Crippen molar-refractivity contribution in [2.45, 2.75) is 185 Å². The first-order valence-corrected chi connectivity index (χ1v) is 28.5. The van der Waals surface area contributed by atoms with Gasteiger partial charge in [0.25, 0.3) is 0 Å². The van der Waals surface area contributed by atoms with Crippen molar-refractivity contribution in [2.75, 3.05) is 19.6 Å². The van der Waals surface area contributed by atoms with Gasteiger partial charge in [-0.3, -0.25) is 62.5 Å². The van der Waals surface area contributed by atoms with E-state index in [9.17, 15) is 82.8 Å². The number of carbonyl (C=O) groups excluding carboxylic acids is 12. The van der Waals surface area contributed by atoms with Crippen LogP contribution in [0.5, 0.6) is 0 Å². The van der Waals surface area contributed by atoms with Crippen LogP contribution < -0.4 is 87.6 Å². The van der Waals surface area contributed by atoms with Crippen LogP contribution in [-0.2, 0) is 68.7 Å². The number of carbonyl (C=O) groups is 13. The number of amides is 12. The van der Waals surface area contributed by atoms with E-state index in [1.54, 1.807) is 44.2 Å². The number of hydrogen-bond donors (Lipinski definition) is 20. The lowest BCUT2D eigenvalue weighted by molar-refractivity contribution is -0.143. The highest BCUT2D eigenvalue weighted by Crippen LogP contribution is 2.12. The third-order valence-electron chi connectivity index (χ3n) is 13.1. The number of hydrogen-bond acceptors (Lipinski definition) is 19. The Morgan fingerprint density at radius 1 is 0.489 bits per heavy atom. The number of guanidine groups is 1. The van der Waals surface area contributed by atoms with Crippen molar-refractivity contribution in [2.24, 2.45) is 51.2 Å². The van der Waals surface area contributed by atoms with Crippen LogP contribution in [0, 0.1) is 11.8 Å². The Kier molecular flexibility index (Phi) is 34.5. The Bertz CT molecular complexity index is 2570. The van der Waals surface area contributed by atoms with Gasteiger partial charge in [0.15, 0.2) is 5.96 Å². The quantitative estimate of drug-likeness (QED) is 0.0164. The molecule has 0 saturated carbocycles. The number of rotatable bonds is 41. The standard InChI is InChI=1S/C54H91N17O17/c1-25(2)20-34(65-46(80)32(16-11-12-18-55)63-44(78)31(56)21-30-14-9-8-10-15-30)47(81)66-36(23-38(58)76)48(82)70-43(29(7)74)52(86)69-40(26(3)4)49(83)67-35(22-37(57)75)45(79)62-24-39(77)68-41(27(5)72)51(85)71-42(28(6)73)50(84)64-33(53(87)88)17-13-19-61-54(59)60/h8-10,14-15,25-29,31-36,40-43,72-74H,11-13,16-24,55-56H2,1-7H3,(H2,57,75)(H2,58,76)(H,62,79)(H,63,78)(H,64,84)(H,65,80)(H,66,81)(H,67,83)(H,68,77)(H,69,86)(H,70,82)(H,71,85)(H,87,88)(H4,59,60,61)/t27-,28-,29-,31+,32+,33+,34+,35+,36+,40+,41+,42+,43+/m1/s1. The van der Waals surface area contributed by atoms with Gasteiger partial charge < -0.3 is 108 Å². The first-order chi connectivity index (χ1) is 41.1. The summed E-state index contributed by atoms with van der Waals surface area (Å²) in [5.41, 5.74) is 34.0. The second kappa shape index (κ2) is 39.2. The number of nitrogens with two attached hydrogens (primary N) is 6. The Hall–Kier alpha value is -8.60. The van der Waals surface area contributed by atoms with Gasteiger partial charge in [-0.25, -0.2) is 4.79 Å². The number of primary amides is 2. The van der Waals surface area contributed by atoms with E-state index in [-0.39, 0.29) is 57.1 Å². The topological polar surface area (TPSA) is 592 Å². The SMILES string of the molecule is CC(C)C[C@H](NC(=O)[C@H](CCCCN)NC(=O)[C@@H](N)Cc1ccccc1)C(=O)N[C@@H](CC(N)=O)C(=O)N[C@H](C(=O)N[C@H](C(=O)N[C@@H](CC(N)=O)C(=O)NCC(=O)N[C@H](C(=O)N[C@H](C(=O)N[C@@H](CCCN=C(N)N)C(=O)O)[C@@H](C)O)[C@@H](C)O)C(C)C)[C@@H](C)O. The van der Waals surface area contributed by atoms with Gasteiger partial charge in [-0.1, -0.05) is 58.0 Å². The Balaban J connectivity index is 3.26. The van der Waals surface area contributed by atoms with Crippen molar-refractivity contribution in [1.29, 1.82) is 0 Å². The zero-order valence-corrected chi connectivity index (χ0v) is 50.5. The number of aliphatic hydroxyl groups excluding tert-OH is 3. The fourth-order valence-electron chi connectivity index (χ4n) is 8.36. The summed E-state index contributed by atoms with van der Waals surface area (Å²) >= 11 is 0. The summed E-state index contributed by atoms with van der Waals surface area (Å²) in [4.78, 5) is 176. The van der Waals surface area contributed by atoms with Gasteiger partial charge in [-0.2, -0.15) is 0 Å². The highest BCUT2D eigenvalue weighted by atomic mass is 16.4. The number of carboxylic acids is 1. The smallest absolute Gasteiger partial charge is 0.326 e. The molecule has 0 radical (unpaired) electrons. The molecule has 12 amide bonds. The lowest BCUT2D eigenvalue weighted by atomic mass is 10.00. The van der Waals surface area contributed by atoms with Gasteiger partial charge in [0.1, 0.15) is 54.4 Å². The van der Waals surface area contributed by atoms with E-state index in [0.29, 0.717) is 12.8 Å². The van der Waals surface area contributed by atoms with E-state index in [1.165, 1.54) is 13.8 Å². The normalized spacial score (nSPS) is 15.6. The number of carboxylic acid groups (broad SMARTS) is 1. The van der Waals surface area contributed by atoms with Gasteiger partial charge in [0.2, 0.25) is 70.9 Å². The van der Waals surface area contributed by atoms with Crippen LogP contribution in [0.1, 0.15) is 105 Å². The monoisotopic (exact) mass is 1250 g/mol. The summed E-state index contributed by atoms with van der Waals surface area (Å²) < 4.78 is 0. The second-order valence-electron chi connectivity index (χ2n) is 21.8. The van der Waals surface area contributed by atoms with E-state index in [0.717, 1.165) is 26.3 Å². The molecule has 1 aromatic carbocycles. The van der Waals surface area contributed by atoms with Crippen molar-refractivity contribution in [3.05, 3.63) is 35.9 Å². The highest BCUT2D eigenvalue weighted by molar-refractivity contribution is 6.00. The van der Waals surface area contributed by atoms with Crippen molar-refractivity contribution < 1.29 is 82.8 Å². The van der Waals surface area contributed by atoms with Crippen molar-refractivity contribution in [1.82, 2.24) is 53.2 Å². The predicted octanol–water partition coefficient (Wildman–Crippen LogP) is -8.10. The lowest BCUT2D eigenvalue weighted by Gasteiger charge is -2.29. The third-order valence-corrected chi connectivity index (χ3v) is 13.1. The Morgan fingerprint density at radius 3 is 1.40 bits per heavy atom. The van der Waals surface area contributed by atoms with Crippen LogP contribution in [0.2, 0.25) is 0 Å². The number of aliphatic hydroxyl groups is 3. The van der Waals surface area contributed by atoms with Crippen LogP contribution >= 0.6 is 0 Å². The van der Waals surface area contributed by atoms with Gasteiger partial charge in [0, 0.05) is 6.54 Å². The number of aliphatic imine (C=N–C) groups is 1. The first-order valence-electron chi connectivity index (χ1n) is 28.5. The third kappa shape index (κ3) is 29.2. The fraction of sp³-hybridized carbons (Fsp3) is 0.630. The number of nitrogens with zero attached hydrogens (tertiary/aromatic N) is 1. The van der Waals surface area contributed by atoms with Crippen molar-refractivity contribution in [3.63, 3.8) is 0 Å². The molecule has 34 heteroatoms. The van der Waals surface area contributed by atoms with Crippen LogP contribution in [-0.4, -0.2) is 202 Å². The van der Waals surface area contributed by atoms with Gasteiger partial charge in [-0.15, -0.1) is 0 Å². The lowest BCUT2D eigenvalue weighted by Crippen LogP contribution is -2.63. The zero-order valence-electron chi connectivity index (χ0n) is 50.5. The maximum Gasteiger partial charge on any atom is 0.326 e. The summed E-state index contributed by atoms with van der Waals surface area (Å²) in [5.74, 6) is -15.9. The second-order valence-corrected chi connectivity index (χ2v) is 21.8. The molecule has 13 atom stereocenters. The minimum absolute atomic E-state index is 0.0198. The summed E-state index contributed by atoms with van der Waals surface area (Å²) in [6.45, 7) is 8.87. The molecule has 0 spiro atoms. The maximum absolute atomic E-state index is 14.0. The molecule has 0 saturated heterocycles. The molecular formula is C54H91N17O17. The van der Waals surface area contributed by atoms with Crippen molar-refractivity contribution in [3.8, 4) is 0 Å². The van der Waals surface area contributed by atoms with Crippen LogP contribution in [0.25, 0.3) is 0 Å². The first kappa shape index (κ1) is 77.4. The fourth-order valence-corrected chi connectivity index (χ4v) is 8.36. The molecule has 34 nitrogen and oxygen atoms in total. The van der Waals surface area contributed by atoms with E-state index in [4.69, 9.17) is 34.4 Å². The van der Waals surface area contributed by atoms with Gasteiger partial charge in [-0.05, 0) is 89.7 Å². The van der Waals surface area contributed by atoms with Crippen LogP contribution in [0.3, 0.4) is 0 Å². The molecule has 88 heavy (non-hydrogen) atoms. The molecule has 0 bridgehead atoms. The van der Waals surface area contributed by atoms with E-state index in [2.05, 4.69) is 58.2 Å². The van der Waals surface area contributed by atoms with E-state index in [1.807, 2.05) is 0 Å². The van der Waals surface area contributed by atoms with E-state index < -0.39 is 181 Å². The minimum atomic E-state index is -1.93. The molecule has 26 N–H and O–H groups in total. The molecule has 1 aromatic rings. The molecule has 0 aliphatic heterocycles. The minimum Gasteiger partial charge on any atom is -0.480 e. The Labute approximate surface area is 509 Å². The highest BCUT2D eigenvalue weighted by Gasteiger charge is 2.38. The average molecular weight is 1250 g/mol. The molecule has 1 rings (SSSR count). The van der Waals surface area contributed by atoms with E-state index >= 15 is 0 Å². The summed E-state index contributed by atoms with van der Waals surface area (Å²) in [7, 11) is 0. The molecule has 494 valence electrons. The molecule has 0 unspecified atom stereocenters. The molecule has 0 aliphatic rings. The maximum atomic E-state index is 14.0. The Morgan fingerprint density at radius 2 is 0.909 bits per heavy atom. The van der Waals surface area contributed by atoms with Crippen LogP contribution in [0.4, 0.5) is 0 Å². The van der Waals surface area contributed by atoms with Crippen LogP contribution in [0.15, 0.2) is 35.3 Å². The average Bonchev–Trinajstić information content (AvgIpc) is 3.30. The van der Waals surface area contributed by atoms with Crippen molar-refractivity contribution >= 4 is 82.8 Å². The molecule has 0 fully saturated rings. The largest absolute Gasteiger partial charge is 0.480 e. The molecule has 0 heterocycles. The summed E-state index contributed by atoms with van der Waals surface area (Å²) in [5, 5.41) is 64.2. The zero-order chi connectivity index (χ0) is 67.1. The molecule has 0 aliphatic carbocycles.